The van der Waals surface area contributed by atoms with Gasteiger partial charge < -0.3 is 20.1 Å². The maximum absolute atomic E-state index is 12.5. The largest absolute Gasteiger partial charge is 0.454 e. The fourth-order valence-electron chi connectivity index (χ4n) is 2.52. The standard InChI is InChI=1S/C19H14ClN3O3/c20-14-3-1-2-4-15(14)23-18-9-12(7-8-21-18)19(24)22-13-5-6-16-17(10-13)26-11-25-16/h1-10H,11H2,(H,21,23)(H,22,24). The highest BCUT2D eigenvalue weighted by Gasteiger charge is 2.15. The van der Waals surface area contributed by atoms with Gasteiger partial charge in [-0.3, -0.25) is 4.79 Å². The first-order valence-corrected chi connectivity index (χ1v) is 8.25. The van der Waals surface area contributed by atoms with Crippen LogP contribution in [0.1, 0.15) is 10.4 Å². The van der Waals surface area contributed by atoms with Gasteiger partial charge in [-0.15, -0.1) is 0 Å². The molecule has 2 aromatic carbocycles. The molecule has 0 bridgehead atoms. The maximum Gasteiger partial charge on any atom is 0.255 e. The molecule has 0 unspecified atom stereocenters. The van der Waals surface area contributed by atoms with Gasteiger partial charge in [-0.1, -0.05) is 23.7 Å². The summed E-state index contributed by atoms with van der Waals surface area (Å²) in [4.78, 5) is 16.7. The smallest absolute Gasteiger partial charge is 0.255 e. The van der Waals surface area contributed by atoms with E-state index >= 15 is 0 Å². The van der Waals surface area contributed by atoms with Crippen molar-refractivity contribution in [2.75, 3.05) is 17.4 Å². The van der Waals surface area contributed by atoms with Gasteiger partial charge in [0.05, 0.1) is 10.7 Å². The van der Waals surface area contributed by atoms with Crippen LogP contribution in [-0.2, 0) is 0 Å². The van der Waals surface area contributed by atoms with Gasteiger partial charge in [0.1, 0.15) is 5.82 Å². The summed E-state index contributed by atoms with van der Waals surface area (Å²) in [5.41, 5.74) is 1.80. The molecule has 0 saturated heterocycles. The second-order valence-corrected chi connectivity index (χ2v) is 5.96. The summed E-state index contributed by atoms with van der Waals surface area (Å²) in [5, 5.41) is 6.51. The molecule has 7 heteroatoms. The molecule has 0 spiro atoms. The van der Waals surface area contributed by atoms with Crippen LogP contribution in [0.15, 0.2) is 60.8 Å². The minimum atomic E-state index is -0.256. The summed E-state index contributed by atoms with van der Waals surface area (Å²) >= 11 is 6.14. The van der Waals surface area contributed by atoms with Gasteiger partial charge in [0.2, 0.25) is 6.79 Å². The predicted molar refractivity (Wildman–Crippen MR) is 99.5 cm³/mol. The number of pyridine rings is 1. The Labute approximate surface area is 154 Å². The van der Waals surface area contributed by atoms with Crippen LogP contribution in [0.25, 0.3) is 0 Å². The van der Waals surface area contributed by atoms with Crippen molar-refractivity contribution in [2.24, 2.45) is 0 Å². The lowest BCUT2D eigenvalue weighted by molar-refractivity contribution is 0.102. The number of rotatable bonds is 4. The molecule has 4 rings (SSSR count). The number of aromatic nitrogens is 1. The number of anilines is 3. The Morgan fingerprint density at radius 2 is 1.88 bits per heavy atom. The zero-order valence-electron chi connectivity index (χ0n) is 13.5. The molecule has 0 radical (unpaired) electrons. The molecule has 6 nitrogen and oxygen atoms in total. The van der Waals surface area contributed by atoms with Gasteiger partial charge in [-0.05, 0) is 36.4 Å². The van der Waals surface area contributed by atoms with Crippen LogP contribution in [0, 0.1) is 0 Å². The number of ether oxygens (including phenoxy) is 2. The van der Waals surface area contributed by atoms with Crippen LogP contribution in [-0.4, -0.2) is 17.7 Å². The number of benzene rings is 2. The van der Waals surface area contributed by atoms with Gasteiger partial charge in [-0.25, -0.2) is 4.98 Å². The van der Waals surface area contributed by atoms with Gasteiger partial charge >= 0.3 is 0 Å². The molecule has 0 atom stereocenters. The number of para-hydroxylation sites is 1. The molecule has 130 valence electrons. The van der Waals surface area contributed by atoms with Gasteiger partial charge in [0, 0.05) is 23.5 Å². The van der Waals surface area contributed by atoms with E-state index in [0.29, 0.717) is 33.6 Å². The minimum Gasteiger partial charge on any atom is -0.454 e. The van der Waals surface area contributed by atoms with E-state index in [-0.39, 0.29) is 12.7 Å². The minimum absolute atomic E-state index is 0.189. The van der Waals surface area contributed by atoms with E-state index < -0.39 is 0 Å². The molecule has 0 saturated carbocycles. The lowest BCUT2D eigenvalue weighted by Crippen LogP contribution is -2.12. The van der Waals surface area contributed by atoms with Crippen LogP contribution in [0.2, 0.25) is 5.02 Å². The first-order chi connectivity index (χ1) is 12.7. The molecule has 1 amide bonds. The molecule has 0 aliphatic carbocycles. The maximum atomic E-state index is 12.5. The summed E-state index contributed by atoms with van der Waals surface area (Å²) in [5.74, 6) is 1.54. The fraction of sp³-hybridized carbons (Fsp3) is 0.0526. The topological polar surface area (TPSA) is 72.5 Å². The van der Waals surface area contributed by atoms with Crippen LogP contribution >= 0.6 is 11.6 Å². The van der Waals surface area contributed by atoms with Gasteiger partial charge in [0.15, 0.2) is 11.5 Å². The summed E-state index contributed by atoms with van der Waals surface area (Å²) in [6, 6.07) is 15.9. The monoisotopic (exact) mass is 367 g/mol. The molecule has 0 fully saturated rings. The molecule has 2 heterocycles. The van der Waals surface area contributed by atoms with E-state index in [2.05, 4.69) is 15.6 Å². The Morgan fingerprint density at radius 3 is 2.77 bits per heavy atom. The number of hydrogen-bond acceptors (Lipinski definition) is 5. The van der Waals surface area contributed by atoms with E-state index in [1.54, 1.807) is 42.6 Å². The number of nitrogens with zero attached hydrogens (tertiary/aromatic N) is 1. The number of halogens is 1. The van der Waals surface area contributed by atoms with Crippen molar-refractivity contribution in [1.29, 1.82) is 0 Å². The summed E-state index contributed by atoms with van der Waals surface area (Å²) in [7, 11) is 0. The Kier molecular flexibility index (Phi) is 4.33. The Bertz CT molecular complexity index is 978. The number of nitrogens with one attached hydrogen (secondary N) is 2. The highest BCUT2D eigenvalue weighted by molar-refractivity contribution is 6.33. The second kappa shape index (κ2) is 6.93. The van der Waals surface area contributed by atoms with E-state index in [4.69, 9.17) is 21.1 Å². The Morgan fingerprint density at radius 1 is 1.04 bits per heavy atom. The zero-order valence-corrected chi connectivity index (χ0v) is 14.3. The molecule has 2 N–H and O–H groups in total. The normalized spacial score (nSPS) is 11.9. The number of amides is 1. The third-order valence-corrected chi connectivity index (χ3v) is 4.12. The average Bonchev–Trinajstić information content (AvgIpc) is 3.12. The van der Waals surface area contributed by atoms with E-state index in [0.717, 1.165) is 5.69 Å². The quantitative estimate of drug-likeness (QED) is 0.712. The SMILES string of the molecule is O=C(Nc1ccc2c(c1)OCO2)c1ccnc(Nc2ccccc2Cl)c1. The second-order valence-electron chi connectivity index (χ2n) is 5.56. The van der Waals surface area contributed by atoms with E-state index in [9.17, 15) is 4.79 Å². The highest BCUT2D eigenvalue weighted by atomic mass is 35.5. The van der Waals surface area contributed by atoms with Crippen molar-refractivity contribution in [2.45, 2.75) is 0 Å². The number of carbonyl (C=O) groups excluding carboxylic acids is 1. The van der Waals surface area contributed by atoms with Gasteiger partial charge in [0.25, 0.3) is 5.91 Å². The lowest BCUT2D eigenvalue weighted by atomic mass is 10.2. The lowest BCUT2D eigenvalue weighted by Gasteiger charge is -2.09. The summed E-state index contributed by atoms with van der Waals surface area (Å²) < 4.78 is 10.6. The Balaban J connectivity index is 1.51. The molecular formula is C19H14ClN3O3. The highest BCUT2D eigenvalue weighted by Crippen LogP contribution is 2.34. The third-order valence-electron chi connectivity index (χ3n) is 3.79. The van der Waals surface area contributed by atoms with E-state index in [1.807, 2.05) is 18.2 Å². The van der Waals surface area contributed by atoms with Crippen molar-refractivity contribution >= 4 is 34.7 Å². The van der Waals surface area contributed by atoms with Crippen LogP contribution < -0.4 is 20.1 Å². The molecule has 26 heavy (non-hydrogen) atoms. The third kappa shape index (κ3) is 3.41. The van der Waals surface area contributed by atoms with Crippen LogP contribution in [0.5, 0.6) is 11.5 Å². The van der Waals surface area contributed by atoms with Crippen molar-refractivity contribution < 1.29 is 14.3 Å². The van der Waals surface area contributed by atoms with Crippen molar-refractivity contribution in [1.82, 2.24) is 4.98 Å². The van der Waals surface area contributed by atoms with Crippen LogP contribution in [0.4, 0.5) is 17.2 Å². The number of hydrogen-bond donors (Lipinski definition) is 2. The molecule has 3 aromatic rings. The molecular weight excluding hydrogens is 354 g/mol. The van der Waals surface area contributed by atoms with Gasteiger partial charge in [-0.2, -0.15) is 0 Å². The van der Waals surface area contributed by atoms with E-state index in [1.165, 1.54) is 0 Å². The fourth-order valence-corrected chi connectivity index (χ4v) is 2.70. The number of fused-ring (bicyclic) bond motifs is 1. The van der Waals surface area contributed by atoms with Crippen molar-refractivity contribution in [3.05, 3.63) is 71.4 Å². The average molecular weight is 368 g/mol. The molecule has 1 aliphatic rings. The number of carbonyl (C=O) groups is 1. The summed E-state index contributed by atoms with van der Waals surface area (Å²) in [6.07, 6.45) is 1.56. The molecule has 1 aromatic heterocycles. The first-order valence-electron chi connectivity index (χ1n) is 7.88. The van der Waals surface area contributed by atoms with Crippen molar-refractivity contribution in [3.63, 3.8) is 0 Å². The van der Waals surface area contributed by atoms with Crippen molar-refractivity contribution in [3.8, 4) is 11.5 Å². The first kappa shape index (κ1) is 16.2. The Hall–Kier alpha value is -3.25. The summed E-state index contributed by atoms with van der Waals surface area (Å²) in [6.45, 7) is 0.189. The van der Waals surface area contributed by atoms with Crippen LogP contribution in [0.3, 0.4) is 0 Å². The predicted octanol–water partition coefficient (Wildman–Crippen LogP) is 4.46. The zero-order chi connectivity index (χ0) is 17.9. The molecule has 1 aliphatic heterocycles.